The van der Waals surface area contributed by atoms with Crippen molar-refractivity contribution in [3.05, 3.63) is 68.7 Å². The Labute approximate surface area is 142 Å². The summed E-state index contributed by atoms with van der Waals surface area (Å²) in [6.45, 7) is 0. The standard InChI is InChI=1S/C16H13ClN2O5/c1-24-16(21)12-9-11(17)6-7-13(12)18-15(20)8-10-4-2-3-5-14(10)19(22)23/h2-7,9H,8H2,1H3,(H,18,20). The number of methoxy groups -OCH3 is 1. The van der Waals surface area contributed by atoms with Gasteiger partial charge in [0.15, 0.2) is 0 Å². The van der Waals surface area contributed by atoms with Gasteiger partial charge in [-0.25, -0.2) is 4.79 Å². The van der Waals surface area contributed by atoms with Crippen LogP contribution in [0.1, 0.15) is 15.9 Å². The normalized spacial score (nSPS) is 10.1. The molecule has 0 fully saturated rings. The van der Waals surface area contributed by atoms with E-state index in [1.165, 1.54) is 43.5 Å². The smallest absolute Gasteiger partial charge is 0.340 e. The number of nitro groups is 1. The zero-order valence-electron chi connectivity index (χ0n) is 12.6. The number of carbonyl (C=O) groups is 2. The Morgan fingerprint density at radius 2 is 1.96 bits per heavy atom. The first-order valence-electron chi connectivity index (χ1n) is 6.82. The molecule has 2 aromatic rings. The van der Waals surface area contributed by atoms with Crippen LogP contribution in [0, 0.1) is 10.1 Å². The summed E-state index contributed by atoms with van der Waals surface area (Å²) in [6, 6.07) is 10.3. The molecular formula is C16H13ClN2O5. The number of carbonyl (C=O) groups excluding carboxylic acids is 2. The van der Waals surface area contributed by atoms with Gasteiger partial charge in [-0.05, 0) is 18.2 Å². The second-order valence-electron chi connectivity index (χ2n) is 4.79. The van der Waals surface area contributed by atoms with Crippen molar-refractivity contribution in [2.24, 2.45) is 0 Å². The van der Waals surface area contributed by atoms with Crippen molar-refractivity contribution >= 4 is 34.9 Å². The topological polar surface area (TPSA) is 98.5 Å². The lowest BCUT2D eigenvalue weighted by atomic mass is 10.1. The van der Waals surface area contributed by atoms with Gasteiger partial charge in [-0.15, -0.1) is 0 Å². The highest BCUT2D eigenvalue weighted by molar-refractivity contribution is 6.31. The Balaban J connectivity index is 2.22. The molecule has 0 saturated carbocycles. The molecule has 7 nitrogen and oxygen atoms in total. The van der Waals surface area contributed by atoms with Crippen LogP contribution in [0.3, 0.4) is 0 Å². The van der Waals surface area contributed by atoms with E-state index in [9.17, 15) is 19.7 Å². The number of para-hydroxylation sites is 1. The van der Waals surface area contributed by atoms with E-state index in [4.69, 9.17) is 11.6 Å². The molecule has 0 radical (unpaired) electrons. The van der Waals surface area contributed by atoms with E-state index in [0.717, 1.165) is 0 Å². The van der Waals surface area contributed by atoms with E-state index in [1.807, 2.05) is 0 Å². The van der Waals surface area contributed by atoms with Gasteiger partial charge in [-0.3, -0.25) is 14.9 Å². The number of rotatable bonds is 5. The number of hydrogen-bond acceptors (Lipinski definition) is 5. The van der Waals surface area contributed by atoms with Crippen LogP contribution in [-0.2, 0) is 16.0 Å². The van der Waals surface area contributed by atoms with Crippen LogP contribution in [0.25, 0.3) is 0 Å². The van der Waals surface area contributed by atoms with Gasteiger partial charge in [0.05, 0.1) is 29.7 Å². The molecular weight excluding hydrogens is 336 g/mol. The summed E-state index contributed by atoms with van der Waals surface area (Å²) in [4.78, 5) is 34.4. The number of nitrogens with one attached hydrogen (secondary N) is 1. The molecule has 0 aliphatic rings. The Kier molecular flexibility index (Phi) is 5.49. The maximum Gasteiger partial charge on any atom is 0.340 e. The van der Waals surface area contributed by atoms with Crippen LogP contribution in [0.5, 0.6) is 0 Å². The minimum absolute atomic E-state index is 0.0981. The highest BCUT2D eigenvalue weighted by Crippen LogP contribution is 2.23. The Hall–Kier alpha value is -2.93. The summed E-state index contributed by atoms with van der Waals surface area (Å²) in [5, 5.41) is 13.8. The molecule has 0 heterocycles. The van der Waals surface area contributed by atoms with Gasteiger partial charge in [-0.2, -0.15) is 0 Å². The van der Waals surface area contributed by atoms with Gasteiger partial charge in [0.1, 0.15) is 0 Å². The molecule has 0 unspecified atom stereocenters. The minimum atomic E-state index is -0.654. The van der Waals surface area contributed by atoms with Gasteiger partial charge in [-0.1, -0.05) is 29.8 Å². The molecule has 0 aliphatic carbocycles. The third-order valence-corrected chi connectivity index (χ3v) is 3.44. The number of nitro benzene ring substituents is 1. The second kappa shape index (κ2) is 7.56. The molecule has 8 heteroatoms. The average Bonchev–Trinajstić information content (AvgIpc) is 2.56. The number of hydrogen-bond donors (Lipinski definition) is 1. The van der Waals surface area contributed by atoms with Gasteiger partial charge < -0.3 is 10.1 Å². The molecule has 2 aromatic carbocycles. The first kappa shape index (κ1) is 17.4. The zero-order chi connectivity index (χ0) is 17.7. The molecule has 0 aliphatic heterocycles. The molecule has 0 aromatic heterocycles. The number of halogens is 1. The average molecular weight is 349 g/mol. The van der Waals surface area contributed by atoms with Crippen molar-refractivity contribution in [3.8, 4) is 0 Å². The second-order valence-corrected chi connectivity index (χ2v) is 5.23. The van der Waals surface area contributed by atoms with Gasteiger partial charge in [0.2, 0.25) is 5.91 Å². The Bertz CT molecular complexity index is 807. The molecule has 24 heavy (non-hydrogen) atoms. The first-order valence-corrected chi connectivity index (χ1v) is 7.20. The molecule has 1 N–H and O–H groups in total. The lowest BCUT2D eigenvalue weighted by Crippen LogP contribution is -2.17. The van der Waals surface area contributed by atoms with E-state index in [0.29, 0.717) is 5.02 Å². The highest BCUT2D eigenvalue weighted by Gasteiger charge is 2.18. The number of benzene rings is 2. The lowest BCUT2D eigenvalue weighted by molar-refractivity contribution is -0.385. The van der Waals surface area contributed by atoms with Crippen LogP contribution >= 0.6 is 11.6 Å². The Morgan fingerprint density at radius 3 is 2.62 bits per heavy atom. The minimum Gasteiger partial charge on any atom is -0.465 e. The van der Waals surface area contributed by atoms with Crippen molar-refractivity contribution < 1.29 is 19.2 Å². The fourth-order valence-corrected chi connectivity index (χ4v) is 2.28. The Morgan fingerprint density at radius 1 is 1.25 bits per heavy atom. The lowest BCUT2D eigenvalue weighted by Gasteiger charge is -2.10. The van der Waals surface area contributed by atoms with Gasteiger partial charge in [0, 0.05) is 16.7 Å². The molecule has 1 amide bonds. The zero-order valence-corrected chi connectivity index (χ0v) is 13.4. The molecule has 0 atom stereocenters. The predicted molar refractivity (Wildman–Crippen MR) is 88.2 cm³/mol. The molecule has 0 saturated heterocycles. The molecule has 0 bridgehead atoms. The number of amides is 1. The fourth-order valence-electron chi connectivity index (χ4n) is 2.11. The first-order chi connectivity index (χ1) is 11.4. The van der Waals surface area contributed by atoms with E-state index >= 15 is 0 Å². The van der Waals surface area contributed by atoms with Gasteiger partial charge in [0.25, 0.3) is 5.69 Å². The van der Waals surface area contributed by atoms with E-state index in [1.54, 1.807) is 6.07 Å². The molecule has 2 rings (SSSR count). The summed E-state index contributed by atoms with van der Waals surface area (Å²) in [5.41, 5.74) is 0.446. The number of nitrogens with zero attached hydrogens (tertiary/aromatic N) is 1. The van der Waals surface area contributed by atoms with Crippen molar-refractivity contribution in [1.82, 2.24) is 0 Å². The molecule has 124 valence electrons. The quantitative estimate of drug-likeness (QED) is 0.508. The highest BCUT2D eigenvalue weighted by atomic mass is 35.5. The van der Waals surface area contributed by atoms with Gasteiger partial charge >= 0.3 is 5.97 Å². The van der Waals surface area contributed by atoms with Crippen molar-refractivity contribution in [3.63, 3.8) is 0 Å². The van der Waals surface area contributed by atoms with E-state index < -0.39 is 16.8 Å². The summed E-state index contributed by atoms with van der Waals surface area (Å²) >= 11 is 5.84. The number of anilines is 1. The van der Waals surface area contributed by atoms with Crippen molar-refractivity contribution in [1.29, 1.82) is 0 Å². The van der Waals surface area contributed by atoms with Crippen LogP contribution in [-0.4, -0.2) is 23.9 Å². The maximum atomic E-state index is 12.2. The number of esters is 1. The van der Waals surface area contributed by atoms with Crippen molar-refractivity contribution in [2.45, 2.75) is 6.42 Å². The summed E-state index contributed by atoms with van der Waals surface area (Å²) in [7, 11) is 1.21. The van der Waals surface area contributed by atoms with Crippen LogP contribution in [0.2, 0.25) is 5.02 Å². The van der Waals surface area contributed by atoms with Crippen LogP contribution < -0.4 is 5.32 Å². The summed E-state index contributed by atoms with van der Waals surface area (Å²) in [6.07, 6.45) is -0.208. The number of ether oxygens (including phenoxy) is 1. The summed E-state index contributed by atoms with van der Waals surface area (Å²) in [5.74, 6) is -1.16. The van der Waals surface area contributed by atoms with E-state index in [-0.39, 0.29) is 28.9 Å². The van der Waals surface area contributed by atoms with Crippen LogP contribution in [0.4, 0.5) is 11.4 Å². The third-order valence-electron chi connectivity index (χ3n) is 3.20. The summed E-state index contributed by atoms with van der Waals surface area (Å²) < 4.78 is 4.64. The van der Waals surface area contributed by atoms with Crippen molar-refractivity contribution in [2.75, 3.05) is 12.4 Å². The largest absolute Gasteiger partial charge is 0.465 e. The fraction of sp³-hybridized carbons (Fsp3) is 0.125. The molecule has 0 spiro atoms. The monoisotopic (exact) mass is 348 g/mol. The maximum absolute atomic E-state index is 12.2. The predicted octanol–water partition coefficient (Wildman–Crippen LogP) is 3.22. The third kappa shape index (κ3) is 4.08. The van der Waals surface area contributed by atoms with Crippen LogP contribution in [0.15, 0.2) is 42.5 Å². The SMILES string of the molecule is COC(=O)c1cc(Cl)ccc1NC(=O)Cc1ccccc1[N+](=O)[O-]. The van der Waals surface area contributed by atoms with E-state index in [2.05, 4.69) is 10.1 Å².